The maximum atomic E-state index is 14.9. The van der Waals surface area contributed by atoms with Crippen LogP contribution >= 0.6 is 0 Å². The first-order chi connectivity index (χ1) is 14.4. The summed E-state index contributed by atoms with van der Waals surface area (Å²) in [5.74, 6) is 4.06. The van der Waals surface area contributed by atoms with Crippen molar-refractivity contribution in [3.63, 3.8) is 0 Å². The minimum absolute atomic E-state index is 0.228. The number of urea groups is 1. The number of carbonyl (C=O) groups is 2. The Labute approximate surface area is 173 Å². The van der Waals surface area contributed by atoms with Crippen LogP contribution in [0.4, 0.5) is 15.0 Å². The molecule has 7 nitrogen and oxygen atoms in total. The average Bonchev–Trinajstić information content (AvgIpc) is 3.09. The molecule has 0 radical (unpaired) electrons. The number of amides is 3. The van der Waals surface area contributed by atoms with E-state index in [1.807, 2.05) is 44.2 Å². The highest BCUT2D eigenvalue weighted by atomic mass is 19.1. The van der Waals surface area contributed by atoms with Gasteiger partial charge >= 0.3 is 6.03 Å². The minimum Gasteiger partial charge on any atom is -0.316 e. The molecule has 0 spiro atoms. The molecule has 30 heavy (non-hydrogen) atoms. The summed E-state index contributed by atoms with van der Waals surface area (Å²) in [6.07, 6.45) is 3.04. The molecule has 1 N–H and O–H groups in total. The number of hydrogen-bond donors (Lipinski definition) is 1. The quantitative estimate of drug-likeness (QED) is 0.778. The van der Waals surface area contributed by atoms with Crippen molar-refractivity contribution in [3.05, 3.63) is 71.4 Å². The second-order valence-electron chi connectivity index (χ2n) is 7.29. The van der Waals surface area contributed by atoms with Crippen molar-refractivity contribution >= 4 is 17.8 Å². The normalized spacial score (nSPS) is 18.4. The molecule has 0 saturated carbocycles. The lowest BCUT2D eigenvalue weighted by molar-refractivity contribution is -0.120. The van der Waals surface area contributed by atoms with Crippen molar-refractivity contribution in [3.8, 4) is 11.8 Å². The highest BCUT2D eigenvalue weighted by molar-refractivity contribution is 6.19. The molecule has 0 aliphatic carbocycles. The van der Waals surface area contributed by atoms with Crippen molar-refractivity contribution in [2.45, 2.75) is 25.9 Å². The molecular weight excluding hydrogens is 385 g/mol. The van der Waals surface area contributed by atoms with E-state index < -0.39 is 23.8 Å². The first kappa shape index (κ1) is 19.6. The Balaban J connectivity index is 1.68. The van der Waals surface area contributed by atoms with Crippen LogP contribution in [0.1, 0.15) is 25.0 Å². The Morgan fingerprint density at radius 2 is 1.83 bits per heavy atom. The van der Waals surface area contributed by atoms with Crippen molar-refractivity contribution < 1.29 is 14.0 Å². The van der Waals surface area contributed by atoms with Gasteiger partial charge in [-0.05, 0) is 32.0 Å². The Kier molecular flexibility index (Phi) is 4.98. The first-order valence-electron chi connectivity index (χ1n) is 9.47. The third-order valence-corrected chi connectivity index (χ3v) is 4.77. The molecule has 1 unspecified atom stereocenters. The Hall–Kier alpha value is -3.70. The molecule has 152 valence electrons. The predicted octanol–water partition coefficient (Wildman–Crippen LogP) is 2.46. The zero-order chi connectivity index (χ0) is 21.4. The molecular formula is C22H20FN5O2. The van der Waals surface area contributed by atoms with E-state index in [1.165, 1.54) is 17.2 Å². The summed E-state index contributed by atoms with van der Waals surface area (Å²) in [4.78, 5) is 32.4. The first-order valence-corrected chi connectivity index (χ1v) is 9.47. The molecule has 1 aromatic heterocycles. The molecule has 4 rings (SSSR count). The molecule has 8 heteroatoms. The summed E-state index contributed by atoms with van der Waals surface area (Å²) < 4.78 is 14.9. The number of carbonyl (C=O) groups excluding carboxylic acids is 2. The van der Waals surface area contributed by atoms with Crippen LogP contribution in [0.2, 0.25) is 0 Å². The van der Waals surface area contributed by atoms with E-state index in [4.69, 9.17) is 0 Å². The molecule has 2 aromatic rings. The van der Waals surface area contributed by atoms with Gasteiger partial charge in [-0.3, -0.25) is 9.69 Å². The average molecular weight is 405 g/mol. The maximum Gasteiger partial charge on any atom is 0.337 e. The third kappa shape index (κ3) is 3.40. The smallest absolute Gasteiger partial charge is 0.316 e. The topological polar surface area (TPSA) is 68.8 Å². The number of aromatic nitrogens is 1. The molecule has 1 atom stereocenters. The standard InChI is InChI=1S/C22H20FN5O2/c1-14(2)27-18-13-26(3)25-19(18)21(29)28(22(27)30)20-17(23)11-16(12-24-20)10-9-15-7-5-4-6-8-15/h4-8,11-14,19,25H,1-3H3. The van der Waals surface area contributed by atoms with Crippen molar-refractivity contribution in [1.29, 1.82) is 0 Å². The molecule has 3 amide bonds. The van der Waals surface area contributed by atoms with E-state index in [0.717, 1.165) is 10.5 Å². The van der Waals surface area contributed by atoms with Gasteiger partial charge < -0.3 is 5.01 Å². The second kappa shape index (κ2) is 7.61. The van der Waals surface area contributed by atoms with Crippen LogP contribution in [-0.2, 0) is 4.79 Å². The summed E-state index contributed by atoms with van der Waals surface area (Å²) in [5, 5.41) is 1.61. The summed E-state index contributed by atoms with van der Waals surface area (Å²) in [5.41, 5.74) is 4.62. The number of nitrogens with one attached hydrogen (secondary N) is 1. The van der Waals surface area contributed by atoms with Crippen LogP contribution < -0.4 is 10.3 Å². The summed E-state index contributed by atoms with van der Waals surface area (Å²) in [6, 6.07) is 8.81. The van der Waals surface area contributed by atoms with Crippen molar-refractivity contribution in [2.24, 2.45) is 0 Å². The molecule has 2 aliphatic heterocycles. The van der Waals surface area contributed by atoms with Crippen LogP contribution in [0, 0.1) is 17.7 Å². The number of pyridine rings is 1. The lowest BCUT2D eigenvalue weighted by Gasteiger charge is -2.39. The van der Waals surface area contributed by atoms with Gasteiger partial charge in [0.2, 0.25) is 0 Å². The Morgan fingerprint density at radius 3 is 2.50 bits per heavy atom. The Bertz CT molecular complexity index is 1100. The van der Waals surface area contributed by atoms with Crippen LogP contribution in [0.5, 0.6) is 0 Å². The Morgan fingerprint density at radius 1 is 1.13 bits per heavy atom. The molecule has 0 bridgehead atoms. The van der Waals surface area contributed by atoms with Gasteiger partial charge in [0.05, 0.1) is 5.70 Å². The van der Waals surface area contributed by atoms with E-state index in [2.05, 4.69) is 22.3 Å². The van der Waals surface area contributed by atoms with Gasteiger partial charge in [-0.15, -0.1) is 0 Å². The number of nitrogens with zero attached hydrogens (tertiary/aromatic N) is 4. The molecule has 1 aromatic carbocycles. The van der Waals surface area contributed by atoms with Gasteiger partial charge in [-0.25, -0.2) is 24.5 Å². The number of imide groups is 1. The van der Waals surface area contributed by atoms with E-state index in [1.54, 1.807) is 18.3 Å². The third-order valence-electron chi connectivity index (χ3n) is 4.77. The zero-order valence-electron chi connectivity index (χ0n) is 16.8. The van der Waals surface area contributed by atoms with Crippen LogP contribution in [0.3, 0.4) is 0 Å². The monoisotopic (exact) mass is 405 g/mol. The van der Waals surface area contributed by atoms with Crippen molar-refractivity contribution in [1.82, 2.24) is 20.3 Å². The maximum absolute atomic E-state index is 14.9. The van der Waals surface area contributed by atoms with E-state index in [-0.39, 0.29) is 11.9 Å². The highest BCUT2D eigenvalue weighted by Gasteiger charge is 2.48. The fourth-order valence-corrected chi connectivity index (χ4v) is 3.45. The van der Waals surface area contributed by atoms with Gasteiger partial charge in [0.15, 0.2) is 11.6 Å². The largest absolute Gasteiger partial charge is 0.337 e. The summed E-state index contributed by atoms with van der Waals surface area (Å²) in [7, 11) is 1.73. The van der Waals surface area contributed by atoms with Gasteiger partial charge in [-0.2, -0.15) is 0 Å². The number of halogens is 1. The van der Waals surface area contributed by atoms with Gasteiger partial charge in [0, 0.05) is 36.6 Å². The van der Waals surface area contributed by atoms with E-state index in [9.17, 15) is 14.0 Å². The van der Waals surface area contributed by atoms with Gasteiger partial charge in [-0.1, -0.05) is 30.0 Å². The second-order valence-corrected chi connectivity index (χ2v) is 7.29. The highest BCUT2D eigenvalue weighted by Crippen LogP contribution is 2.31. The van der Waals surface area contributed by atoms with E-state index in [0.29, 0.717) is 11.3 Å². The molecule has 1 fully saturated rings. The number of anilines is 1. The van der Waals surface area contributed by atoms with E-state index >= 15 is 0 Å². The lowest BCUT2D eigenvalue weighted by Crippen LogP contribution is -2.62. The number of benzene rings is 1. The fourth-order valence-electron chi connectivity index (χ4n) is 3.45. The number of fused-ring (bicyclic) bond motifs is 1. The van der Waals surface area contributed by atoms with Gasteiger partial charge in [0.25, 0.3) is 5.91 Å². The zero-order valence-corrected chi connectivity index (χ0v) is 16.8. The van der Waals surface area contributed by atoms with Crippen LogP contribution in [0.15, 0.2) is 54.5 Å². The number of rotatable bonds is 2. The molecule has 1 saturated heterocycles. The van der Waals surface area contributed by atoms with Gasteiger partial charge in [0.1, 0.15) is 6.04 Å². The lowest BCUT2D eigenvalue weighted by atomic mass is 10.1. The predicted molar refractivity (Wildman–Crippen MR) is 109 cm³/mol. The fraction of sp³-hybridized carbons (Fsp3) is 0.227. The number of hydrazine groups is 1. The van der Waals surface area contributed by atoms with Crippen LogP contribution in [-0.4, -0.2) is 46.0 Å². The molecule has 3 heterocycles. The minimum atomic E-state index is -0.793. The van der Waals surface area contributed by atoms with Crippen molar-refractivity contribution in [2.75, 3.05) is 11.9 Å². The molecule has 2 aliphatic rings. The number of hydrogen-bond acceptors (Lipinski definition) is 5. The summed E-state index contributed by atoms with van der Waals surface area (Å²) >= 11 is 0. The SMILES string of the molecule is CC(C)N1C(=O)N(c2ncc(C#Cc3ccccc3)cc2F)C(=O)C2NN(C)C=C21. The van der Waals surface area contributed by atoms with Crippen LogP contribution in [0.25, 0.3) is 0 Å². The summed E-state index contributed by atoms with van der Waals surface area (Å²) in [6.45, 7) is 3.66.